The molecular formula is C10H24N2. The van der Waals surface area contributed by atoms with E-state index in [1.807, 2.05) is 0 Å². The largest absolute Gasteiger partial charge is 0.314 e. The molecule has 0 aliphatic carbocycles. The van der Waals surface area contributed by atoms with Crippen LogP contribution in [-0.4, -0.2) is 25.2 Å². The van der Waals surface area contributed by atoms with Gasteiger partial charge in [-0.3, -0.25) is 0 Å². The molecule has 0 saturated carbocycles. The summed E-state index contributed by atoms with van der Waals surface area (Å²) in [7, 11) is 0. The third-order valence-corrected chi connectivity index (χ3v) is 2.24. The standard InChI is InChI=1S/C10H24N2/c1-5-9(3)12-8-7-10(4)11-6-2/h9-12H,5-8H2,1-4H3. The maximum atomic E-state index is 3.48. The molecule has 2 nitrogen and oxygen atoms in total. The Hall–Kier alpha value is -0.0800. The van der Waals surface area contributed by atoms with Crippen LogP contribution in [0.4, 0.5) is 0 Å². The number of hydrogen-bond acceptors (Lipinski definition) is 2. The molecule has 0 aliphatic rings. The fraction of sp³-hybridized carbons (Fsp3) is 1.00. The second kappa shape index (κ2) is 7.56. The summed E-state index contributed by atoms with van der Waals surface area (Å²) < 4.78 is 0. The van der Waals surface area contributed by atoms with E-state index in [1.165, 1.54) is 12.8 Å². The molecule has 0 amide bonds. The number of hydrogen-bond donors (Lipinski definition) is 2. The highest BCUT2D eigenvalue weighted by Gasteiger charge is 2.00. The van der Waals surface area contributed by atoms with E-state index in [0.29, 0.717) is 12.1 Å². The highest BCUT2D eigenvalue weighted by Crippen LogP contribution is 1.91. The first kappa shape index (κ1) is 11.9. The lowest BCUT2D eigenvalue weighted by Crippen LogP contribution is -2.33. The molecule has 0 saturated heterocycles. The van der Waals surface area contributed by atoms with Crippen molar-refractivity contribution in [1.29, 1.82) is 0 Å². The first-order valence-corrected chi connectivity index (χ1v) is 5.17. The molecule has 2 unspecified atom stereocenters. The van der Waals surface area contributed by atoms with E-state index in [-0.39, 0.29) is 0 Å². The SMILES string of the molecule is CCNC(C)CCNC(C)CC. The Bertz CT molecular complexity index is 93.8. The monoisotopic (exact) mass is 172 g/mol. The second-order valence-corrected chi connectivity index (χ2v) is 3.51. The molecule has 74 valence electrons. The zero-order valence-electron chi connectivity index (χ0n) is 8.98. The summed E-state index contributed by atoms with van der Waals surface area (Å²) in [5.41, 5.74) is 0. The van der Waals surface area contributed by atoms with Gasteiger partial charge in [0.05, 0.1) is 0 Å². The Labute approximate surface area is 77.1 Å². The first-order valence-electron chi connectivity index (χ1n) is 5.17. The quantitative estimate of drug-likeness (QED) is 0.611. The van der Waals surface area contributed by atoms with Crippen molar-refractivity contribution in [3.63, 3.8) is 0 Å². The highest BCUT2D eigenvalue weighted by molar-refractivity contribution is 4.63. The lowest BCUT2D eigenvalue weighted by atomic mass is 10.2. The smallest absolute Gasteiger partial charge is 0.00506 e. The van der Waals surface area contributed by atoms with Gasteiger partial charge in [0.2, 0.25) is 0 Å². The van der Waals surface area contributed by atoms with E-state index in [2.05, 4.69) is 38.3 Å². The molecule has 2 heteroatoms. The molecule has 0 radical (unpaired) electrons. The second-order valence-electron chi connectivity index (χ2n) is 3.51. The van der Waals surface area contributed by atoms with Crippen LogP contribution < -0.4 is 10.6 Å². The van der Waals surface area contributed by atoms with E-state index < -0.39 is 0 Å². The fourth-order valence-electron chi connectivity index (χ4n) is 1.14. The van der Waals surface area contributed by atoms with Gasteiger partial charge in [-0.1, -0.05) is 13.8 Å². The summed E-state index contributed by atoms with van der Waals surface area (Å²) in [6.45, 7) is 11.0. The summed E-state index contributed by atoms with van der Waals surface area (Å²) in [5.74, 6) is 0. The summed E-state index contributed by atoms with van der Waals surface area (Å²) in [6, 6.07) is 1.31. The van der Waals surface area contributed by atoms with Crippen molar-refractivity contribution in [2.24, 2.45) is 0 Å². The molecule has 0 bridgehead atoms. The van der Waals surface area contributed by atoms with Crippen molar-refractivity contribution in [2.45, 2.75) is 52.6 Å². The molecular weight excluding hydrogens is 148 g/mol. The Morgan fingerprint density at radius 3 is 2.17 bits per heavy atom. The van der Waals surface area contributed by atoms with E-state index in [4.69, 9.17) is 0 Å². The molecule has 0 aromatic carbocycles. The topological polar surface area (TPSA) is 24.1 Å². The molecule has 0 heterocycles. The van der Waals surface area contributed by atoms with Crippen LogP contribution in [0.2, 0.25) is 0 Å². The van der Waals surface area contributed by atoms with Gasteiger partial charge in [-0.05, 0) is 39.8 Å². The fourth-order valence-corrected chi connectivity index (χ4v) is 1.14. The van der Waals surface area contributed by atoms with Gasteiger partial charge in [-0.25, -0.2) is 0 Å². The van der Waals surface area contributed by atoms with Crippen molar-refractivity contribution < 1.29 is 0 Å². The molecule has 0 fully saturated rings. The predicted molar refractivity (Wildman–Crippen MR) is 55.5 cm³/mol. The van der Waals surface area contributed by atoms with Gasteiger partial charge in [0.25, 0.3) is 0 Å². The molecule has 0 aromatic heterocycles. The Morgan fingerprint density at radius 1 is 1.00 bits per heavy atom. The molecule has 0 spiro atoms. The van der Waals surface area contributed by atoms with Crippen LogP contribution in [0.25, 0.3) is 0 Å². The Balaban J connectivity index is 3.18. The maximum Gasteiger partial charge on any atom is 0.00506 e. The van der Waals surface area contributed by atoms with Crippen LogP contribution in [0.1, 0.15) is 40.5 Å². The Morgan fingerprint density at radius 2 is 1.67 bits per heavy atom. The summed E-state index contributed by atoms with van der Waals surface area (Å²) in [4.78, 5) is 0. The van der Waals surface area contributed by atoms with E-state index in [0.717, 1.165) is 13.1 Å². The van der Waals surface area contributed by atoms with Gasteiger partial charge in [0, 0.05) is 12.1 Å². The third kappa shape index (κ3) is 6.62. The molecule has 0 aliphatic heterocycles. The summed E-state index contributed by atoms with van der Waals surface area (Å²) >= 11 is 0. The minimum Gasteiger partial charge on any atom is -0.314 e. The number of nitrogens with one attached hydrogen (secondary N) is 2. The van der Waals surface area contributed by atoms with Gasteiger partial charge < -0.3 is 10.6 Å². The van der Waals surface area contributed by atoms with Gasteiger partial charge >= 0.3 is 0 Å². The lowest BCUT2D eigenvalue weighted by molar-refractivity contribution is 0.467. The lowest BCUT2D eigenvalue weighted by Gasteiger charge is -2.15. The molecule has 2 N–H and O–H groups in total. The van der Waals surface area contributed by atoms with Crippen LogP contribution in [0, 0.1) is 0 Å². The predicted octanol–water partition coefficient (Wildman–Crippen LogP) is 1.76. The zero-order valence-corrected chi connectivity index (χ0v) is 8.98. The van der Waals surface area contributed by atoms with Crippen LogP contribution in [0.15, 0.2) is 0 Å². The summed E-state index contributed by atoms with van der Waals surface area (Å²) in [5, 5.41) is 6.88. The van der Waals surface area contributed by atoms with E-state index in [1.54, 1.807) is 0 Å². The third-order valence-electron chi connectivity index (χ3n) is 2.24. The van der Waals surface area contributed by atoms with Crippen molar-refractivity contribution in [3.05, 3.63) is 0 Å². The highest BCUT2D eigenvalue weighted by atomic mass is 14.9. The molecule has 0 aromatic rings. The molecule has 2 atom stereocenters. The average molecular weight is 172 g/mol. The van der Waals surface area contributed by atoms with Crippen LogP contribution >= 0.6 is 0 Å². The zero-order chi connectivity index (χ0) is 9.40. The van der Waals surface area contributed by atoms with Crippen molar-refractivity contribution in [1.82, 2.24) is 10.6 Å². The average Bonchev–Trinajstić information content (AvgIpc) is 2.04. The Kier molecular flexibility index (Phi) is 7.51. The normalized spacial score (nSPS) is 16.0. The van der Waals surface area contributed by atoms with Gasteiger partial charge in [-0.15, -0.1) is 0 Å². The minimum atomic E-state index is 0.645. The summed E-state index contributed by atoms with van der Waals surface area (Å²) in [6.07, 6.45) is 2.44. The molecule has 12 heavy (non-hydrogen) atoms. The van der Waals surface area contributed by atoms with Gasteiger partial charge in [0.1, 0.15) is 0 Å². The van der Waals surface area contributed by atoms with Crippen LogP contribution in [0.5, 0.6) is 0 Å². The molecule has 0 rings (SSSR count). The van der Waals surface area contributed by atoms with Crippen molar-refractivity contribution in [3.8, 4) is 0 Å². The van der Waals surface area contributed by atoms with Crippen LogP contribution in [0.3, 0.4) is 0 Å². The van der Waals surface area contributed by atoms with Crippen molar-refractivity contribution in [2.75, 3.05) is 13.1 Å². The maximum absolute atomic E-state index is 3.48. The van der Waals surface area contributed by atoms with Gasteiger partial charge in [0.15, 0.2) is 0 Å². The minimum absolute atomic E-state index is 0.645. The number of rotatable bonds is 7. The van der Waals surface area contributed by atoms with E-state index >= 15 is 0 Å². The van der Waals surface area contributed by atoms with Gasteiger partial charge in [-0.2, -0.15) is 0 Å². The van der Waals surface area contributed by atoms with E-state index in [9.17, 15) is 0 Å². The van der Waals surface area contributed by atoms with Crippen molar-refractivity contribution >= 4 is 0 Å². The first-order chi connectivity index (χ1) is 5.70. The van der Waals surface area contributed by atoms with Crippen LogP contribution in [-0.2, 0) is 0 Å².